The van der Waals surface area contributed by atoms with E-state index in [1.165, 1.54) is 0 Å². The molecule has 0 aliphatic heterocycles. The fourth-order valence-corrected chi connectivity index (χ4v) is 1.70. The number of amides is 1. The van der Waals surface area contributed by atoms with Crippen LogP contribution in [0.25, 0.3) is 0 Å². The van der Waals surface area contributed by atoms with E-state index in [9.17, 15) is 4.79 Å². The first-order chi connectivity index (χ1) is 9.60. The molecular formula is C14H17N5O. The Labute approximate surface area is 117 Å². The summed E-state index contributed by atoms with van der Waals surface area (Å²) >= 11 is 0. The number of hydrogen-bond acceptors (Lipinski definition) is 3. The topological polar surface area (TPSA) is 64.7 Å². The predicted octanol–water partition coefficient (Wildman–Crippen LogP) is 1.22. The zero-order valence-corrected chi connectivity index (χ0v) is 11.6. The fourth-order valence-electron chi connectivity index (χ4n) is 1.70. The highest BCUT2D eigenvalue weighted by Gasteiger charge is 2.10. The zero-order valence-electron chi connectivity index (χ0n) is 11.6. The van der Waals surface area contributed by atoms with Gasteiger partial charge in [-0.15, -0.1) is 6.42 Å². The Balaban J connectivity index is 1.92. The van der Waals surface area contributed by atoms with Gasteiger partial charge in [0, 0.05) is 30.5 Å². The summed E-state index contributed by atoms with van der Waals surface area (Å²) in [5.74, 6) is 2.30. The molecule has 0 radical (unpaired) electrons. The van der Waals surface area contributed by atoms with Crippen molar-refractivity contribution in [2.24, 2.45) is 0 Å². The monoisotopic (exact) mass is 271 g/mol. The summed E-state index contributed by atoms with van der Waals surface area (Å²) in [6, 6.07) is 1.94. The van der Waals surface area contributed by atoms with Gasteiger partial charge in [0.2, 0.25) is 0 Å². The quantitative estimate of drug-likeness (QED) is 0.832. The van der Waals surface area contributed by atoms with Crippen molar-refractivity contribution in [1.82, 2.24) is 24.9 Å². The van der Waals surface area contributed by atoms with E-state index in [1.54, 1.807) is 27.8 Å². The SMILES string of the molecule is C#CCn1cc(CNC(=O)c2ccn(C(C)C)n2)cn1. The van der Waals surface area contributed by atoms with Gasteiger partial charge in [-0.05, 0) is 19.9 Å². The van der Waals surface area contributed by atoms with Crippen molar-refractivity contribution < 1.29 is 4.79 Å². The maximum absolute atomic E-state index is 11.9. The average molecular weight is 271 g/mol. The van der Waals surface area contributed by atoms with Gasteiger partial charge in [0.1, 0.15) is 12.2 Å². The van der Waals surface area contributed by atoms with Crippen molar-refractivity contribution in [2.45, 2.75) is 33.0 Å². The molecule has 1 N–H and O–H groups in total. The molecule has 0 saturated carbocycles. The van der Waals surface area contributed by atoms with Gasteiger partial charge in [0.05, 0.1) is 6.20 Å². The molecule has 0 saturated heterocycles. The molecule has 2 heterocycles. The molecular weight excluding hydrogens is 254 g/mol. The molecule has 20 heavy (non-hydrogen) atoms. The first-order valence-electron chi connectivity index (χ1n) is 6.38. The molecule has 0 aromatic carbocycles. The zero-order chi connectivity index (χ0) is 14.5. The summed E-state index contributed by atoms with van der Waals surface area (Å²) in [4.78, 5) is 11.9. The normalized spacial score (nSPS) is 10.5. The molecule has 0 unspecified atom stereocenters. The summed E-state index contributed by atoms with van der Waals surface area (Å²) in [6.07, 6.45) is 10.5. The number of nitrogens with one attached hydrogen (secondary N) is 1. The molecule has 2 rings (SSSR count). The molecule has 0 aliphatic carbocycles. The second kappa shape index (κ2) is 6.06. The predicted molar refractivity (Wildman–Crippen MR) is 74.8 cm³/mol. The van der Waals surface area contributed by atoms with Crippen LogP contribution < -0.4 is 5.32 Å². The van der Waals surface area contributed by atoms with Crippen LogP contribution in [-0.2, 0) is 13.1 Å². The van der Waals surface area contributed by atoms with Crippen LogP contribution >= 0.6 is 0 Å². The van der Waals surface area contributed by atoms with E-state index >= 15 is 0 Å². The van der Waals surface area contributed by atoms with Gasteiger partial charge in [0.25, 0.3) is 5.91 Å². The number of carbonyl (C=O) groups is 1. The minimum atomic E-state index is -0.200. The van der Waals surface area contributed by atoms with E-state index in [0.29, 0.717) is 18.8 Å². The highest BCUT2D eigenvalue weighted by Crippen LogP contribution is 2.04. The van der Waals surface area contributed by atoms with Crippen LogP contribution in [0.15, 0.2) is 24.7 Å². The van der Waals surface area contributed by atoms with Gasteiger partial charge in [0.15, 0.2) is 0 Å². The highest BCUT2D eigenvalue weighted by molar-refractivity contribution is 5.92. The number of terminal acetylenes is 1. The molecule has 104 valence electrons. The molecule has 0 aliphatic rings. The van der Waals surface area contributed by atoms with Crippen molar-refractivity contribution in [1.29, 1.82) is 0 Å². The number of aromatic nitrogens is 4. The molecule has 2 aromatic rings. The number of carbonyl (C=O) groups excluding carboxylic acids is 1. The molecule has 6 heteroatoms. The summed E-state index contributed by atoms with van der Waals surface area (Å²) < 4.78 is 3.40. The lowest BCUT2D eigenvalue weighted by Crippen LogP contribution is -2.23. The Morgan fingerprint density at radius 1 is 1.55 bits per heavy atom. The van der Waals surface area contributed by atoms with Gasteiger partial charge in [-0.1, -0.05) is 5.92 Å². The van der Waals surface area contributed by atoms with E-state index in [1.807, 2.05) is 20.0 Å². The molecule has 1 amide bonds. The van der Waals surface area contributed by atoms with Crippen LogP contribution in [0.5, 0.6) is 0 Å². The van der Waals surface area contributed by atoms with Crippen molar-refractivity contribution in [2.75, 3.05) is 0 Å². The third-order valence-corrected chi connectivity index (χ3v) is 2.76. The lowest BCUT2D eigenvalue weighted by atomic mass is 10.3. The maximum Gasteiger partial charge on any atom is 0.272 e. The van der Waals surface area contributed by atoms with Gasteiger partial charge in [-0.2, -0.15) is 10.2 Å². The molecule has 2 aromatic heterocycles. The molecule has 6 nitrogen and oxygen atoms in total. The second-order valence-electron chi connectivity index (χ2n) is 4.71. The Morgan fingerprint density at radius 2 is 2.35 bits per heavy atom. The van der Waals surface area contributed by atoms with E-state index in [4.69, 9.17) is 6.42 Å². The summed E-state index contributed by atoms with van der Waals surface area (Å²) in [5.41, 5.74) is 1.31. The smallest absolute Gasteiger partial charge is 0.272 e. The van der Waals surface area contributed by atoms with Crippen LogP contribution in [0.4, 0.5) is 0 Å². The molecule has 0 fully saturated rings. The lowest BCUT2D eigenvalue weighted by Gasteiger charge is -2.04. The number of nitrogens with zero attached hydrogens (tertiary/aromatic N) is 4. The van der Waals surface area contributed by atoms with Crippen molar-refractivity contribution in [3.63, 3.8) is 0 Å². The third kappa shape index (κ3) is 3.26. The first-order valence-corrected chi connectivity index (χ1v) is 6.38. The Hall–Kier alpha value is -2.55. The fraction of sp³-hybridized carbons (Fsp3) is 0.357. The minimum absolute atomic E-state index is 0.200. The van der Waals surface area contributed by atoms with E-state index in [-0.39, 0.29) is 11.9 Å². The van der Waals surface area contributed by atoms with Crippen molar-refractivity contribution in [3.05, 3.63) is 35.9 Å². The standard InChI is InChI=1S/C14H17N5O/c1-4-6-18-10-12(9-16-18)8-15-14(20)13-5-7-19(17-13)11(2)3/h1,5,7,9-11H,6,8H2,2-3H3,(H,15,20). The summed E-state index contributed by atoms with van der Waals surface area (Å²) in [5, 5.41) is 11.1. The van der Waals surface area contributed by atoms with E-state index < -0.39 is 0 Å². The van der Waals surface area contributed by atoms with Crippen molar-refractivity contribution in [3.8, 4) is 12.3 Å². The summed E-state index contributed by atoms with van der Waals surface area (Å²) in [6.45, 7) is 4.84. The number of hydrogen-bond donors (Lipinski definition) is 1. The van der Waals surface area contributed by atoms with Crippen LogP contribution in [0.2, 0.25) is 0 Å². The van der Waals surface area contributed by atoms with Crippen LogP contribution in [-0.4, -0.2) is 25.5 Å². The van der Waals surface area contributed by atoms with Crippen molar-refractivity contribution >= 4 is 5.91 Å². The molecule has 0 atom stereocenters. The van der Waals surface area contributed by atoms with E-state index in [0.717, 1.165) is 5.56 Å². The minimum Gasteiger partial charge on any atom is -0.346 e. The largest absolute Gasteiger partial charge is 0.346 e. The van der Waals surface area contributed by atoms with E-state index in [2.05, 4.69) is 21.4 Å². The Bertz CT molecular complexity index is 632. The van der Waals surface area contributed by atoms with Crippen LogP contribution in [0, 0.1) is 12.3 Å². The van der Waals surface area contributed by atoms with Crippen LogP contribution in [0.1, 0.15) is 35.9 Å². The average Bonchev–Trinajstić information content (AvgIpc) is 3.05. The van der Waals surface area contributed by atoms with Gasteiger partial charge >= 0.3 is 0 Å². The Morgan fingerprint density at radius 3 is 3.00 bits per heavy atom. The van der Waals surface area contributed by atoms with Gasteiger partial charge in [-0.3, -0.25) is 14.2 Å². The number of rotatable bonds is 5. The van der Waals surface area contributed by atoms with Gasteiger partial charge < -0.3 is 5.32 Å². The Kier molecular flexibility index (Phi) is 4.20. The lowest BCUT2D eigenvalue weighted by molar-refractivity contribution is 0.0945. The summed E-state index contributed by atoms with van der Waals surface area (Å²) in [7, 11) is 0. The first kappa shape index (κ1) is 13.9. The second-order valence-corrected chi connectivity index (χ2v) is 4.71. The van der Waals surface area contributed by atoms with Gasteiger partial charge in [-0.25, -0.2) is 0 Å². The molecule has 0 bridgehead atoms. The van der Waals surface area contributed by atoms with Crippen LogP contribution in [0.3, 0.4) is 0 Å². The molecule has 0 spiro atoms. The maximum atomic E-state index is 11.9. The highest BCUT2D eigenvalue weighted by atomic mass is 16.1. The third-order valence-electron chi connectivity index (χ3n) is 2.76.